The van der Waals surface area contributed by atoms with Gasteiger partial charge in [0.25, 0.3) is 0 Å². The van der Waals surface area contributed by atoms with Gasteiger partial charge in [0.15, 0.2) is 5.11 Å². The van der Waals surface area contributed by atoms with Gasteiger partial charge in [-0.1, -0.05) is 25.5 Å². The monoisotopic (exact) mass is 351 g/mol. The number of nitrogens with one attached hydrogen (secondary N) is 3. The Morgan fingerprint density at radius 2 is 1.96 bits per heavy atom. The smallest absolute Gasteiger partial charge is 0.325 e. The zero-order valence-corrected chi connectivity index (χ0v) is 15.2. The summed E-state index contributed by atoms with van der Waals surface area (Å²) in [5.41, 5.74) is 3.31. The molecule has 0 aliphatic carbocycles. The summed E-state index contributed by atoms with van der Waals surface area (Å²) in [7, 11) is 1.27. The van der Waals surface area contributed by atoms with E-state index < -0.39 is 5.97 Å². The average molecular weight is 351 g/mol. The van der Waals surface area contributed by atoms with E-state index in [4.69, 9.17) is 12.2 Å². The van der Waals surface area contributed by atoms with Crippen LogP contribution in [-0.4, -0.2) is 37.2 Å². The molecular formula is C17H25N3O3S. The largest absolute Gasteiger partial charge is 0.468 e. The highest BCUT2D eigenvalue weighted by molar-refractivity contribution is 7.80. The van der Waals surface area contributed by atoms with Gasteiger partial charge in [0.1, 0.15) is 6.54 Å². The predicted octanol–water partition coefficient (Wildman–Crippen LogP) is 1.91. The minimum absolute atomic E-state index is 0.0174. The first-order chi connectivity index (χ1) is 11.5. The molecule has 0 aromatic heterocycles. The number of unbranched alkanes of at least 4 members (excludes halogenated alkanes) is 1. The van der Waals surface area contributed by atoms with Gasteiger partial charge in [-0.05, 0) is 49.2 Å². The van der Waals surface area contributed by atoms with Gasteiger partial charge in [-0.15, -0.1) is 0 Å². The normalized spacial score (nSPS) is 9.96. The van der Waals surface area contributed by atoms with E-state index in [0.29, 0.717) is 5.11 Å². The van der Waals surface area contributed by atoms with Gasteiger partial charge in [0, 0.05) is 5.69 Å². The Labute approximate surface area is 148 Å². The highest BCUT2D eigenvalue weighted by atomic mass is 32.1. The van der Waals surface area contributed by atoms with Gasteiger partial charge in [0.2, 0.25) is 5.91 Å². The first kappa shape index (κ1) is 19.9. The minimum Gasteiger partial charge on any atom is -0.468 e. The van der Waals surface area contributed by atoms with Crippen LogP contribution >= 0.6 is 12.2 Å². The Kier molecular flexibility index (Phi) is 8.78. The molecule has 1 aromatic carbocycles. The lowest BCUT2D eigenvalue weighted by Gasteiger charge is -2.13. The molecule has 0 aliphatic rings. The molecule has 3 N–H and O–H groups in total. The second kappa shape index (κ2) is 10.6. The van der Waals surface area contributed by atoms with E-state index in [9.17, 15) is 9.59 Å². The molecule has 1 rings (SSSR count). The molecule has 1 aromatic rings. The Morgan fingerprint density at radius 1 is 1.21 bits per heavy atom. The number of amides is 1. The lowest BCUT2D eigenvalue weighted by Crippen LogP contribution is -2.40. The maximum Gasteiger partial charge on any atom is 0.325 e. The van der Waals surface area contributed by atoms with Gasteiger partial charge in [0.05, 0.1) is 13.7 Å². The topological polar surface area (TPSA) is 79.5 Å². The molecular weight excluding hydrogens is 326 g/mol. The number of rotatable bonds is 8. The van der Waals surface area contributed by atoms with Crippen LogP contribution in [0.4, 0.5) is 5.69 Å². The number of thiocarbonyl (C=S) groups is 1. The Morgan fingerprint density at radius 3 is 2.58 bits per heavy atom. The molecule has 1 amide bonds. The summed E-state index contributed by atoms with van der Waals surface area (Å²) >= 11 is 5.18. The third-order valence-electron chi connectivity index (χ3n) is 3.43. The number of hydrogen-bond donors (Lipinski definition) is 3. The highest BCUT2D eigenvalue weighted by Crippen LogP contribution is 2.17. The fourth-order valence-corrected chi connectivity index (χ4v) is 2.22. The van der Waals surface area contributed by atoms with Crippen molar-refractivity contribution in [3.63, 3.8) is 0 Å². The van der Waals surface area contributed by atoms with Crippen LogP contribution in [0.3, 0.4) is 0 Å². The molecule has 0 fully saturated rings. The average Bonchev–Trinajstić information content (AvgIpc) is 2.58. The van der Waals surface area contributed by atoms with E-state index in [-0.39, 0.29) is 19.0 Å². The van der Waals surface area contributed by atoms with Gasteiger partial charge in [-0.2, -0.15) is 0 Å². The van der Waals surface area contributed by atoms with Crippen molar-refractivity contribution in [1.82, 2.24) is 10.6 Å². The zero-order valence-electron chi connectivity index (χ0n) is 14.4. The van der Waals surface area contributed by atoms with Crippen LogP contribution in [0.15, 0.2) is 18.2 Å². The second-order valence-corrected chi connectivity index (χ2v) is 5.82. The number of benzene rings is 1. The van der Waals surface area contributed by atoms with Crippen molar-refractivity contribution in [2.24, 2.45) is 0 Å². The van der Waals surface area contributed by atoms with Crippen molar-refractivity contribution in [3.8, 4) is 0 Å². The molecule has 0 aliphatic heterocycles. The van der Waals surface area contributed by atoms with E-state index >= 15 is 0 Å². The first-order valence-corrected chi connectivity index (χ1v) is 8.35. The Hall–Kier alpha value is -2.15. The van der Waals surface area contributed by atoms with Crippen LogP contribution in [-0.2, 0) is 20.7 Å². The first-order valence-electron chi connectivity index (χ1n) is 7.94. The molecule has 0 radical (unpaired) electrons. The van der Waals surface area contributed by atoms with Crippen molar-refractivity contribution in [3.05, 3.63) is 29.3 Å². The predicted molar refractivity (Wildman–Crippen MR) is 99.0 cm³/mol. The Bertz CT molecular complexity index is 590. The molecule has 6 nitrogen and oxygen atoms in total. The van der Waals surface area contributed by atoms with E-state index in [1.54, 1.807) is 0 Å². The summed E-state index contributed by atoms with van der Waals surface area (Å²) in [5.74, 6) is -0.834. The molecule has 7 heteroatoms. The van der Waals surface area contributed by atoms with Gasteiger partial charge in [-0.3, -0.25) is 9.59 Å². The molecule has 132 valence electrons. The maximum absolute atomic E-state index is 11.6. The number of carbonyl (C=O) groups is 2. The van der Waals surface area contributed by atoms with E-state index in [1.165, 1.54) is 25.5 Å². The summed E-state index contributed by atoms with van der Waals surface area (Å²) in [5, 5.41) is 8.66. The van der Waals surface area contributed by atoms with Crippen molar-refractivity contribution in [2.75, 3.05) is 25.5 Å². The highest BCUT2D eigenvalue weighted by Gasteiger charge is 2.07. The van der Waals surface area contributed by atoms with E-state index in [2.05, 4.69) is 39.7 Å². The van der Waals surface area contributed by atoms with Crippen LogP contribution in [0, 0.1) is 6.92 Å². The fourth-order valence-electron chi connectivity index (χ4n) is 2.03. The third kappa shape index (κ3) is 7.41. The van der Waals surface area contributed by atoms with Crippen LogP contribution in [0.5, 0.6) is 0 Å². The lowest BCUT2D eigenvalue weighted by molar-refractivity contribution is -0.141. The summed E-state index contributed by atoms with van der Waals surface area (Å²) in [6, 6.07) is 6.21. The molecule has 0 unspecified atom stereocenters. The van der Waals surface area contributed by atoms with Crippen molar-refractivity contribution >= 4 is 34.9 Å². The number of carbonyl (C=O) groups excluding carboxylic acids is 2. The van der Waals surface area contributed by atoms with Gasteiger partial charge >= 0.3 is 5.97 Å². The number of esters is 1. The maximum atomic E-state index is 11.6. The molecule has 24 heavy (non-hydrogen) atoms. The minimum atomic E-state index is -0.497. The second-order valence-electron chi connectivity index (χ2n) is 5.41. The molecule has 0 saturated carbocycles. The van der Waals surface area contributed by atoms with Crippen LogP contribution in [0.1, 0.15) is 30.9 Å². The number of methoxy groups -OCH3 is 1. The molecule has 0 saturated heterocycles. The third-order valence-corrected chi connectivity index (χ3v) is 3.67. The Balaban J connectivity index is 2.42. The SMILES string of the molecule is CCCCc1ccc(NC(=S)NCC(=O)NCC(=O)OC)c(C)c1. The standard InChI is InChI=1S/C17H25N3O3S/c1-4-5-6-13-7-8-14(12(2)9-13)20-17(24)19-10-15(21)18-11-16(22)23-3/h7-9H,4-6,10-11H2,1-3H3,(H,18,21)(H2,19,20,24). The van der Waals surface area contributed by atoms with E-state index in [0.717, 1.165) is 17.7 Å². The van der Waals surface area contributed by atoms with Crippen LogP contribution in [0.2, 0.25) is 0 Å². The quantitative estimate of drug-likeness (QED) is 0.490. The molecule has 0 bridgehead atoms. The van der Waals surface area contributed by atoms with Gasteiger partial charge < -0.3 is 20.7 Å². The molecule has 0 atom stereocenters. The fraction of sp³-hybridized carbons (Fsp3) is 0.471. The lowest BCUT2D eigenvalue weighted by atomic mass is 10.0. The van der Waals surface area contributed by atoms with Crippen molar-refractivity contribution in [2.45, 2.75) is 33.1 Å². The number of anilines is 1. The van der Waals surface area contributed by atoms with Crippen LogP contribution < -0.4 is 16.0 Å². The number of aryl methyl sites for hydroxylation is 2. The van der Waals surface area contributed by atoms with Gasteiger partial charge in [-0.25, -0.2) is 0 Å². The van der Waals surface area contributed by atoms with Crippen molar-refractivity contribution < 1.29 is 14.3 Å². The summed E-state index contributed by atoms with van der Waals surface area (Å²) in [6.45, 7) is 4.02. The molecule has 0 spiro atoms. The van der Waals surface area contributed by atoms with Crippen LogP contribution in [0.25, 0.3) is 0 Å². The summed E-state index contributed by atoms with van der Waals surface area (Å²) in [6.07, 6.45) is 3.42. The number of ether oxygens (including phenoxy) is 1. The van der Waals surface area contributed by atoms with Crippen molar-refractivity contribution in [1.29, 1.82) is 0 Å². The number of hydrogen-bond acceptors (Lipinski definition) is 4. The molecule has 0 heterocycles. The zero-order chi connectivity index (χ0) is 17.9. The summed E-state index contributed by atoms with van der Waals surface area (Å²) < 4.78 is 4.44. The van der Waals surface area contributed by atoms with E-state index in [1.807, 2.05) is 13.0 Å². The summed E-state index contributed by atoms with van der Waals surface area (Å²) in [4.78, 5) is 22.5.